The van der Waals surface area contributed by atoms with Crippen molar-refractivity contribution in [2.24, 2.45) is 0 Å². The Kier molecular flexibility index (Phi) is 6.51. The Balaban J connectivity index is 0.000000212. The highest BCUT2D eigenvalue weighted by Crippen LogP contribution is 2.42. The van der Waals surface area contributed by atoms with Crippen molar-refractivity contribution in [3.63, 3.8) is 0 Å². The van der Waals surface area contributed by atoms with Crippen LogP contribution in [0.4, 0.5) is 13.2 Å². The summed E-state index contributed by atoms with van der Waals surface area (Å²) in [6.45, 7) is 3.63. The van der Waals surface area contributed by atoms with Crippen LogP contribution in [0.1, 0.15) is 49.1 Å². The molecule has 134 valence electrons. The van der Waals surface area contributed by atoms with Gasteiger partial charge < -0.3 is 10.2 Å². The lowest BCUT2D eigenvalue weighted by Crippen LogP contribution is -2.05. The minimum atomic E-state index is -1.42. The van der Waals surface area contributed by atoms with Gasteiger partial charge in [0.2, 0.25) is 0 Å². The maximum Gasteiger partial charge on any atom is 0.194 e. The quantitative estimate of drug-likeness (QED) is 0.663. The molecule has 0 heterocycles. The fourth-order valence-corrected chi connectivity index (χ4v) is 3.05. The molecule has 3 rings (SSSR count). The van der Waals surface area contributed by atoms with Gasteiger partial charge in [-0.3, -0.25) is 0 Å². The molecule has 0 radical (unpaired) electrons. The van der Waals surface area contributed by atoms with Crippen molar-refractivity contribution in [3.05, 3.63) is 65.5 Å². The Morgan fingerprint density at radius 2 is 1.44 bits per heavy atom. The molecule has 0 bridgehead atoms. The van der Waals surface area contributed by atoms with E-state index in [9.17, 15) is 23.4 Å². The van der Waals surface area contributed by atoms with Crippen molar-refractivity contribution in [1.29, 1.82) is 0 Å². The monoisotopic (exact) mass is 350 g/mol. The fourth-order valence-electron chi connectivity index (χ4n) is 3.05. The molecule has 2 aromatic carbocycles. The number of aromatic hydroxyl groups is 2. The van der Waals surface area contributed by atoms with Crippen LogP contribution in [-0.4, -0.2) is 10.2 Å². The van der Waals surface area contributed by atoms with Gasteiger partial charge in [0.05, 0.1) is 0 Å². The predicted molar refractivity (Wildman–Crippen MR) is 92.0 cm³/mol. The van der Waals surface area contributed by atoms with Crippen LogP contribution < -0.4 is 0 Å². The number of hydrogen-bond donors (Lipinski definition) is 2. The van der Waals surface area contributed by atoms with E-state index >= 15 is 0 Å². The Morgan fingerprint density at radius 1 is 0.920 bits per heavy atom. The lowest BCUT2D eigenvalue weighted by Gasteiger charge is -2.23. The lowest BCUT2D eigenvalue weighted by atomic mass is 9.83. The molecule has 0 aromatic heterocycles. The summed E-state index contributed by atoms with van der Waals surface area (Å²) in [5.41, 5.74) is 1.49. The Morgan fingerprint density at radius 3 is 1.88 bits per heavy atom. The van der Waals surface area contributed by atoms with E-state index in [0.717, 1.165) is 42.2 Å². The molecule has 25 heavy (non-hydrogen) atoms. The van der Waals surface area contributed by atoms with Gasteiger partial charge in [-0.1, -0.05) is 38.0 Å². The summed E-state index contributed by atoms with van der Waals surface area (Å²) in [4.78, 5) is 0. The summed E-state index contributed by atoms with van der Waals surface area (Å²) < 4.78 is 35.9. The molecule has 0 spiro atoms. The van der Waals surface area contributed by atoms with Crippen LogP contribution in [0.15, 0.2) is 36.9 Å². The van der Waals surface area contributed by atoms with Crippen molar-refractivity contribution in [2.75, 3.05) is 0 Å². The highest BCUT2D eigenvalue weighted by Gasteiger charge is 2.22. The molecule has 1 saturated carbocycles. The molecule has 0 aliphatic heterocycles. The van der Waals surface area contributed by atoms with Crippen molar-refractivity contribution < 1.29 is 23.4 Å². The van der Waals surface area contributed by atoms with Crippen molar-refractivity contribution >= 4 is 6.08 Å². The molecular weight excluding hydrogens is 329 g/mol. The standard InChI is InChI=1S/C14H18O2.C6H3F3/c1-2-10-8-12(15)14(13(16)9-10)11-6-4-3-5-7-11;7-4-2-1-3-5(8)6(4)9/h2,8-9,11,15-16H,1,3-7H2;1-3H. The third-order valence-electron chi connectivity index (χ3n) is 4.31. The molecule has 0 atom stereocenters. The minimum absolute atomic E-state index is 0.210. The van der Waals surface area contributed by atoms with E-state index < -0.39 is 17.5 Å². The first kappa shape index (κ1) is 18.9. The number of phenolic OH excluding ortho intramolecular Hbond substituents is 2. The second-order valence-corrected chi connectivity index (χ2v) is 6.05. The topological polar surface area (TPSA) is 40.5 Å². The molecule has 1 fully saturated rings. The van der Waals surface area contributed by atoms with Crippen LogP contribution in [0.25, 0.3) is 6.08 Å². The average Bonchev–Trinajstić information content (AvgIpc) is 2.60. The second-order valence-electron chi connectivity index (χ2n) is 6.05. The molecule has 0 saturated heterocycles. The SMILES string of the molecule is C=Cc1cc(O)c(C2CCCCC2)c(O)c1.Fc1cccc(F)c1F. The number of hydrogen-bond acceptors (Lipinski definition) is 2. The van der Waals surface area contributed by atoms with E-state index in [-0.39, 0.29) is 11.5 Å². The summed E-state index contributed by atoms with van der Waals surface area (Å²) in [6, 6.07) is 6.18. The fraction of sp³-hybridized carbons (Fsp3) is 0.300. The van der Waals surface area contributed by atoms with Gasteiger partial charge in [-0.2, -0.15) is 0 Å². The van der Waals surface area contributed by atoms with Crippen molar-refractivity contribution in [2.45, 2.75) is 38.0 Å². The largest absolute Gasteiger partial charge is 0.507 e. The zero-order valence-corrected chi connectivity index (χ0v) is 13.8. The van der Waals surface area contributed by atoms with E-state index in [1.54, 1.807) is 18.2 Å². The average molecular weight is 350 g/mol. The summed E-state index contributed by atoms with van der Waals surface area (Å²) in [7, 11) is 0. The number of halogens is 3. The Bertz CT molecular complexity index is 694. The molecule has 2 nitrogen and oxygen atoms in total. The minimum Gasteiger partial charge on any atom is -0.507 e. The maximum atomic E-state index is 12.0. The van der Waals surface area contributed by atoms with Crippen LogP contribution in [0, 0.1) is 17.5 Å². The highest BCUT2D eigenvalue weighted by atomic mass is 19.2. The van der Waals surface area contributed by atoms with Crippen LogP contribution in [0.5, 0.6) is 11.5 Å². The molecular formula is C20H21F3O2. The zero-order valence-electron chi connectivity index (χ0n) is 13.8. The van der Waals surface area contributed by atoms with Gasteiger partial charge in [-0.05, 0) is 48.6 Å². The van der Waals surface area contributed by atoms with Gasteiger partial charge in [0.25, 0.3) is 0 Å². The first-order chi connectivity index (χ1) is 11.9. The van der Waals surface area contributed by atoms with Crippen LogP contribution in [0.3, 0.4) is 0 Å². The molecule has 5 heteroatoms. The summed E-state index contributed by atoms with van der Waals surface area (Å²) in [6.07, 6.45) is 7.40. The maximum absolute atomic E-state index is 12.0. The Labute approximate surface area is 145 Å². The van der Waals surface area contributed by atoms with Crippen molar-refractivity contribution in [3.8, 4) is 11.5 Å². The van der Waals surface area contributed by atoms with Crippen LogP contribution >= 0.6 is 0 Å². The van der Waals surface area contributed by atoms with Crippen LogP contribution in [0.2, 0.25) is 0 Å². The summed E-state index contributed by atoms with van der Waals surface area (Å²) in [5.74, 6) is -3.00. The molecule has 2 N–H and O–H groups in total. The smallest absolute Gasteiger partial charge is 0.194 e. The normalized spacial score (nSPS) is 14.5. The van der Waals surface area contributed by atoms with Gasteiger partial charge in [-0.25, -0.2) is 13.2 Å². The van der Waals surface area contributed by atoms with E-state index in [2.05, 4.69) is 6.58 Å². The summed E-state index contributed by atoms with van der Waals surface area (Å²) in [5, 5.41) is 19.9. The summed E-state index contributed by atoms with van der Waals surface area (Å²) >= 11 is 0. The first-order valence-corrected chi connectivity index (χ1v) is 8.21. The van der Waals surface area contributed by atoms with E-state index in [4.69, 9.17) is 0 Å². The Hall–Kier alpha value is -2.43. The van der Waals surface area contributed by atoms with Crippen molar-refractivity contribution in [1.82, 2.24) is 0 Å². The van der Waals surface area contributed by atoms with Gasteiger partial charge in [-0.15, -0.1) is 0 Å². The lowest BCUT2D eigenvalue weighted by molar-refractivity contribution is 0.389. The molecule has 1 aliphatic rings. The third kappa shape index (κ3) is 4.78. The third-order valence-corrected chi connectivity index (χ3v) is 4.31. The van der Waals surface area contributed by atoms with E-state index in [1.807, 2.05) is 0 Å². The van der Waals surface area contributed by atoms with E-state index in [1.165, 1.54) is 19.3 Å². The second kappa shape index (κ2) is 8.60. The van der Waals surface area contributed by atoms with Gasteiger partial charge >= 0.3 is 0 Å². The zero-order chi connectivity index (χ0) is 18.4. The van der Waals surface area contributed by atoms with Gasteiger partial charge in [0.1, 0.15) is 11.5 Å². The molecule has 0 amide bonds. The van der Waals surface area contributed by atoms with Gasteiger partial charge in [0, 0.05) is 5.56 Å². The van der Waals surface area contributed by atoms with Gasteiger partial charge in [0.15, 0.2) is 17.5 Å². The molecule has 2 aromatic rings. The van der Waals surface area contributed by atoms with E-state index in [0.29, 0.717) is 5.92 Å². The number of benzene rings is 2. The molecule has 1 aliphatic carbocycles. The highest BCUT2D eigenvalue weighted by molar-refractivity contribution is 5.58. The molecule has 0 unspecified atom stereocenters. The number of rotatable bonds is 2. The first-order valence-electron chi connectivity index (χ1n) is 8.21. The predicted octanol–water partition coefficient (Wildman–Crippen LogP) is 5.89. The van der Waals surface area contributed by atoms with Crippen LogP contribution in [-0.2, 0) is 0 Å². The number of phenols is 2.